The average molecular weight is 259 g/mol. The summed E-state index contributed by atoms with van der Waals surface area (Å²) in [6.07, 6.45) is -0.0118. The van der Waals surface area contributed by atoms with E-state index in [4.69, 9.17) is 5.11 Å². The van der Waals surface area contributed by atoms with E-state index in [1.165, 1.54) is 6.07 Å². The molecule has 0 saturated carbocycles. The van der Waals surface area contributed by atoms with Crippen molar-refractivity contribution in [1.82, 2.24) is 4.57 Å². The molecule has 1 aromatic carbocycles. The van der Waals surface area contributed by atoms with Crippen LogP contribution in [0.3, 0.4) is 0 Å². The molecule has 2 heterocycles. The molecule has 5 heteroatoms. The summed E-state index contributed by atoms with van der Waals surface area (Å²) in [5.41, 5.74) is 1.48. The zero-order valence-corrected chi connectivity index (χ0v) is 10.2. The van der Waals surface area contributed by atoms with Gasteiger partial charge >= 0.3 is 5.97 Å². The van der Waals surface area contributed by atoms with E-state index in [1.54, 1.807) is 4.57 Å². The van der Waals surface area contributed by atoms with Gasteiger partial charge in [-0.25, -0.2) is 4.79 Å². The number of aliphatic hydroxyl groups is 1. The fraction of sp³-hybridized carbons (Fsp3) is 0.286. The van der Waals surface area contributed by atoms with Crippen LogP contribution in [0, 0.1) is 0 Å². The summed E-state index contributed by atoms with van der Waals surface area (Å²) in [5.74, 6) is -1.41. The Kier molecular flexibility index (Phi) is 2.64. The van der Waals surface area contributed by atoms with Crippen LogP contribution < -0.4 is 5.56 Å². The van der Waals surface area contributed by atoms with Crippen LogP contribution in [0.25, 0.3) is 10.9 Å². The van der Waals surface area contributed by atoms with Gasteiger partial charge in [0, 0.05) is 6.54 Å². The van der Waals surface area contributed by atoms with Gasteiger partial charge in [0.15, 0.2) is 6.10 Å². The molecule has 19 heavy (non-hydrogen) atoms. The highest BCUT2D eigenvalue weighted by molar-refractivity contribution is 5.85. The number of para-hydroxylation sites is 1. The molecule has 2 N–H and O–H groups in total. The number of aromatic nitrogens is 1. The highest BCUT2D eigenvalue weighted by Gasteiger charge is 2.23. The first kappa shape index (κ1) is 11.9. The highest BCUT2D eigenvalue weighted by Crippen LogP contribution is 2.25. The lowest BCUT2D eigenvalue weighted by Gasteiger charge is -2.20. The van der Waals surface area contributed by atoms with E-state index in [2.05, 4.69) is 0 Å². The SMILES string of the molecule is O=C(O)C(O)c1cc2cccc3c2n(c1=O)CCC3. The smallest absolute Gasteiger partial charge is 0.337 e. The minimum absolute atomic E-state index is 0.0703. The maximum atomic E-state index is 12.3. The maximum Gasteiger partial charge on any atom is 0.337 e. The van der Waals surface area contributed by atoms with Crippen molar-refractivity contribution in [2.24, 2.45) is 0 Å². The van der Waals surface area contributed by atoms with Crippen molar-refractivity contribution in [1.29, 1.82) is 0 Å². The third-order valence-electron chi connectivity index (χ3n) is 3.58. The minimum Gasteiger partial charge on any atom is -0.479 e. The Balaban J connectivity index is 2.37. The molecule has 1 aromatic heterocycles. The fourth-order valence-electron chi connectivity index (χ4n) is 2.72. The van der Waals surface area contributed by atoms with Gasteiger partial charge in [-0.3, -0.25) is 4.79 Å². The van der Waals surface area contributed by atoms with E-state index in [9.17, 15) is 14.7 Å². The van der Waals surface area contributed by atoms with E-state index in [0.717, 1.165) is 29.3 Å². The van der Waals surface area contributed by atoms with Crippen LogP contribution in [0.5, 0.6) is 0 Å². The Hall–Kier alpha value is -2.14. The Morgan fingerprint density at radius 3 is 2.89 bits per heavy atom. The normalized spacial score (nSPS) is 15.4. The molecule has 3 rings (SSSR count). The van der Waals surface area contributed by atoms with Gasteiger partial charge in [0.25, 0.3) is 5.56 Å². The lowest BCUT2D eigenvalue weighted by Crippen LogP contribution is -2.30. The van der Waals surface area contributed by atoms with Crippen LogP contribution in [-0.4, -0.2) is 20.7 Å². The summed E-state index contributed by atoms with van der Waals surface area (Å²) in [5, 5.41) is 19.3. The molecule has 1 aliphatic rings. The molecule has 1 atom stereocenters. The lowest BCUT2D eigenvalue weighted by atomic mass is 9.99. The van der Waals surface area contributed by atoms with Crippen LogP contribution >= 0.6 is 0 Å². The molecule has 1 unspecified atom stereocenters. The molecule has 0 amide bonds. The topological polar surface area (TPSA) is 79.5 Å². The molecule has 98 valence electrons. The quantitative estimate of drug-likeness (QED) is 0.845. The van der Waals surface area contributed by atoms with Gasteiger partial charge in [-0.05, 0) is 29.9 Å². The van der Waals surface area contributed by atoms with Crippen molar-refractivity contribution in [3.63, 3.8) is 0 Å². The van der Waals surface area contributed by atoms with Crippen LogP contribution in [0.2, 0.25) is 0 Å². The number of rotatable bonds is 2. The third-order valence-corrected chi connectivity index (χ3v) is 3.58. The summed E-state index contributed by atoms with van der Waals surface area (Å²) >= 11 is 0. The van der Waals surface area contributed by atoms with E-state index >= 15 is 0 Å². The number of benzene rings is 1. The van der Waals surface area contributed by atoms with Crippen LogP contribution in [0.1, 0.15) is 23.7 Å². The maximum absolute atomic E-state index is 12.3. The number of aliphatic carboxylic acids is 1. The fourth-order valence-corrected chi connectivity index (χ4v) is 2.72. The number of hydrogen-bond donors (Lipinski definition) is 2. The van der Waals surface area contributed by atoms with Crippen molar-refractivity contribution in [3.05, 3.63) is 45.7 Å². The molecular formula is C14H13NO4. The van der Waals surface area contributed by atoms with Crippen molar-refractivity contribution in [2.45, 2.75) is 25.5 Å². The van der Waals surface area contributed by atoms with Gasteiger partial charge in [-0.1, -0.05) is 18.2 Å². The van der Waals surface area contributed by atoms with Gasteiger partial charge in [-0.15, -0.1) is 0 Å². The molecule has 1 aliphatic heterocycles. The van der Waals surface area contributed by atoms with Gasteiger partial charge in [0.05, 0.1) is 11.1 Å². The zero-order chi connectivity index (χ0) is 13.6. The van der Waals surface area contributed by atoms with Gasteiger partial charge in [0.2, 0.25) is 0 Å². The number of aliphatic hydroxyl groups excluding tert-OH is 1. The highest BCUT2D eigenvalue weighted by atomic mass is 16.4. The molecule has 0 bridgehead atoms. The molecule has 0 spiro atoms. The van der Waals surface area contributed by atoms with E-state index in [0.29, 0.717) is 6.54 Å². The van der Waals surface area contributed by atoms with E-state index in [1.807, 2.05) is 18.2 Å². The summed E-state index contributed by atoms with van der Waals surface area (Å²) in [4.78, 5) is 23.2. The molecule has 0 saturated heterocycles. The summed E-state index contributed by atoms with van der Waals surface area (Å²) in [6.45, 7) is 0.562. The number of carbonyl (C=O) groups is 1. The molecule has 2 aromatic rings. The second-order valence-corrected chi connectivity index (χ2v) is 4.76. The van der Waals surface area contributed by atoms with Crippen LogP contribution in [0.4, 0.5) is 0 Å². The van der Waals surface area contributed by atoms with Crippen molar-refractivity contribution in [3.8, 4) is 0 Å². The number of pyridine rings is 1. The number of carboxylic acid groups (broad SMARTS) is 1. The Morgan fingerprint density at radius 2 is 2.16 bits per heavy atom. The number of nitrogens with zero attached hydrogens (tertiary/aromatic N) is 1. The first-order valence-electron chi connectivity index (χ1n) is 6.16. The second-order valence-electron chi connectivity index (χ2n) is 4.76. The number of aryl methyl sites for hydroxylation is 2. The molecule has 0 radical (unpaired) electrons. The van der Waals surface area contributed by atoms with Gasteiger partial charge in [0.1, 0.15) is 0 Å². The molecule has 0 fully saturated rings. The van der Waals surface area contributed by atoms with E-state index in [-0.39, 0.29) is 5.56 Å². The lowest BCUT2D eigenvalue weighted by molar-refractivity contribution is -0.147. The van der Waals surface area contributed by atoms with Crippen molar-refractivity contribution < 1.29 is 15.0 Å². The van der Waals surface area contributed by atoms with Crippen molar-refractivity contribution in [2.75, 3.05) is 0 Å². The first-order chi connectivity index (χ1) is 9.09. The molecular weight excluding hydrogens is 246 g/mol. The number of carboxylic acids is 1. The Morgan fingerprint density at radius 1 is 1.37 bits per heavy atom. The monoisotopic (exact) mass is 259 g/mol. The van der Waals surface area contributed by atoms with Gasteiger partial charge in [-0.2, -0.15) is 0 Å². The standard InChI is InChI=1S/C14H13NO4/c16-12(14(18)19)10-7-9-4-1-3-8-5-2-6-15(11(8)9)13(10)17/h1,3-4,7,12,16H,2,5-6H2,(H,18,19). The summed E-state index contributed by atoms with van der Waals surface area (Å²) in [6, 6.07) is 7.18. The summed E-state index contributed by atoms with van der Waals surface area (Å²) in [7, 11) is 0. The second kappa shape index (κ2) is 4.20. The predicted molar refractivity (Wildman–Crippen MR) is 69.1 cm³/mol. The van der Waals surface area contributed by atoms with E-state index < -0.39 is 17.6 Å². The predicted octanol–water partition coefficient (Wildman–Crippen LogP) is 1.07. The third kappa shape index (κ3) is 1.74. The zero-order valence-electron chi connectivity index (χ0n) is 10.2. The summed E-state index contributed by atoms with van der Waals surface area (Å²) < 4.78 is 1.58. The van der Waals surface area contributed by atoms with Crippen LogP contribution in [-0.2, 0) is 17.8 Å². The molecule has 0 aliphatic carbocycles. The average Bonchev–Trinajstić information content (AvgIpc) is 2.42. The first-order valence-corrected chi connectivity index (χ1v) is 6.16. The Bertz CT molecular complexity index is 732. The van der Waals surface area contributed by atoms with Gasteiger partial charge < -0.3 is 14.8 Å². The molecule has 5 nitrogen and oxygen atoms in total. The minimum atomic E-state index is -1.77. The number of hydrogen-bond acceptors (Lipinski definition) is 3. The van der Waals surface area contributed by atoms with Crippen molar-refractivity contribution >= 4 is 16.9 Å². The Labute approximate surface area is 108 Å². The van der Waals surface area contributed by atoms with Crippen LogP contribution in [0.15, 0.2) is 29.1 Å². The largest absolute Gasteiger partial charge is 0.479 e.